The van der Waals surface area contributed by atoms with Crippen molar-refractivity contribution in [3.05, 3.63) is 24.8 Å². The van der Waals surface area contributed by atoms with Crippen LogP contribution in [0.2, 0.25) is 0 Å². The lowest BCUT2D eigenvalue weighted by Gasteiger charge is -2.19. The fourth-order valence-electron chi connectivity index (χ4n) is 2.18. The highest BCUT2D eigenvalue weighted by molar-refractivity contribution is 5.64. The Morgan fingerprint density at radius 3 is 2.44 bits per heavy atom. The molecule has 0 aliphatic rings. The van der Waals surface area contributed by atoms with Gasteiger partial charge in [-0.3, -0.25) is 0 Å². The molecule has 0 aliphatic heterocycles. The Morgan fingerprint density at radius 1 is 1.28 bits per heavy atom. The van der Waals surface area contributed by atoms with Crippen molar-refractivity contribution in [1.82, 2.24) is 0 Å². The number of carboxylic acids is 1. The maximum absolute atomic E-state index is 10.3. The first-order chi connectivity index (χ1) is 8.47. The lowest BCUT2D eigenvalue weighted by molar-refractivity contribution is -0.305. The lowest BCUT2D eigenvalue weighted by atomic mass is 9.87. The molecule has 0 aromatic rings. The number of allylic oxidation sites excluding steroid dienone is 2. The number of aliphatic carboxylic acids is 1. The summed E-state index contributed by atoms with van der Waals surface area (Å²) in [6, 6.07) is 0. The van der Waals surface area contributed by atoms with Crippen molar-refractivity contribution in [3.8, 4) is 0 Å². The zero-order chi connectivity index (χ0) is 14.0. The average Bonchev–Trinajstić information content (AvgIpc) is 2.28. The molecule has 0 spiro atoms. The van der Waals surface area contributed by atoms with Crippen molar-refractivity contribution in [2.75, 3.05) is 0 Å². The van der Waals surface area contributed by atoms with E-state index in [1.807, 2.05) is 6.08 Å². The van der Waals surface area contributed by atoms with E-state index in [9.17, 15) is 9.90 Å². The van der Waals surface area contributed by atoms with Crippen molar-refractivity contribution in [2.45, 2.75) is 58.8 Å². The minimum absolute atomic E-state index is 0.185. The Balaban J connectivity index is 3.84. The summed E-state index contributed by atoms with van der Waals surface area (Å²) in [5.41, 5.74) is 1.25. The molecule has 104 valence electrons. The highest BCUT2D eigenvalue weighted by Crippen LogP contribution is 2.25. The topological polar surface area (TPSA) is 40.1 Å². The van der Waals surface area contributed by atoms with Crippen LogP contribution in [0, 0.1) is 11.8 Å². The second-order valence-corrected chi connectivity index (χ2v) is 5.36. The maximum Gasteiger partial charge on any atom is 0.0414 e. The van der Waals surface area contributed by atoms with Crippen LogP contribution in [0.25, 0.3) is 0 Å². The standard InChI is InChI=1S/C16H28O2/c1-5-6-9-15(13(2)3)12-11-14(4)8-7-10-16(17)18/h5,14-15H,1-2,6-12H2,3-4H3,(H,17,18)/p-1/t14-,15+/m0/s1. The van der Waals surface area contributed by atoms with Gasteiger partial charge in [0.2, 0.25) is 0 Å². The van der Waals surface area contributed by atoms with Gasteiger partial charge in [-0.25, -0.2) is 0 Å². The third-order valence-electron chi connectivity index (χ3n) is 3.50. The number of hydrogen-bond acceptors (Lipinski definition) is 2. The van der Waals surface area contributed by atoms with Crippen LogP contribution in [0.3, 0.4) is 0 Å². The Kier molecular flexibility index (Phi) is 9.35. The third kappa shape index (κ3) is 9.03. The molecule has 0 unspecified atom stereocenters. The van der Waals surface area contributed by atoms with E-state index in [-0.39, 0.29) is 6.42 Å². The van der Waals surface area contributed by atoms with Gasteiger partial charge in [-0.2, -0.15) is 0 Å². The van der Waals surface area contributed by atoms with Crippen molar-refractivity contribution in [1.29, 1.82) is 0 Å². The average molecular weight is 251 g/mol. The van der Waals surface area contributed by atoms with Crippen LogP contribution >= 0.6 is 0 Å². The van der Waals surface area contributed by atoms with Gasteiger partial charge in [0.25, 0.3) is 0 Å². The van der Waals surface area contributed by atoms with Crippen molar-refractivity contribution < 1.29 is 9.90 Å². The maximum atomic E-state index is 10.3. The van der Waals surface area contributed by atoms with E-state index in [0.29, 0.717) is 11.8 Å². The minimum Gasteiger partial charge on any atom is -0.550 e. The molecule has 0 amide bonds. The third-order valence-corrected chi connectivity index (χ3v) is 3.50. The second-order valence-electron chi connectivity index (χ2n) is 5.36. The zero-order valence-corrected chi connectivity index (χ0v) is 11.9. The molecule has 18 heavy (non-hydrogen) atoms. The molecule has 0 bridgehead atoms. The van der Waals surface area contributed by atoms with Gasteiger partial charge >= 0.3 is 0 Å². The zero-order valence-electron chi connectivity index (χ0n) is 11.9. The fourth-order valence-corrected chi connectivity index (χ4v) is 2.18. The van der Waals surface area contributed by atoms with E-state index in [4.69, 9.17) is 0 Å². The molecule has 0 saturated carbocycles. The largest absolute Gasteiger partial charge is 0.550 e. The normalized spacial score (nSPS) is 13.9. The van der Waals surface area contributed by atoms with E-state index in [0.717, 1.165) is 38.5 Å². The van der Waals surface area contributed by atoms with Crippen LogP contribution < -0.4 is 5.11 Å². The summed E-state index contributed by atoms with van der Waals surface area (Å²) in [7, 11) is 0. The van der Waals surface area contributed by atoms with E-state index in [2.05, 4.69) is 27.0 Å². The van der Waals surface area contributed by atoms with Gasteiger partial charge in [-0.15, -0.1) is 6.58 Å². The highest BCUT2D eigenvalue weighted by atomic mass is 16.4. The molecule has 2 heteroatoms. The fraction of sp³-hybridized carbons (Fsp3) is 0.688. The summed E-state index contributed by atoms with van der Waals surface area (Å²) in [4.78, 5) is 10.3. The summed E-state index contributed by atoms with van der Waals surface area (Å²) in [6.07, 6.45) is 8.30. The van der Waals surface area contributed by atoms with Gasteiger partial charge in [-0.05, 0) is 50.9 Å². The quantitative estimate of drug-likeness (QED) is 0.527. The lowest BCUT2D eigenvalue weighted by Crippen LogP contribution is -2.21. The van der Waals surface area contributed by atoms with Crippen LogP contribution in [0.4, 0.5) is 0 Å². The first-order valence-electron chi connectivity index (χ1n) is 6.93. The van der Waals surface area contributed by atoms with Gasteiger partial charge in [0.05, 0.1) is 0 Å². The monoisotopic (exact) mass is 251 g/mol. The molecule has 0 N–H and O–H groups in total. The Labute approximate surface area is 112 Å². The highest BCUT2D eigenvalue weighted by Gasteiger charge is 2.11. The molecule has 0 aromatic carbocycles. The van der Waals surface area contributed by atoms with E-state index in [1.54, 1.807) is 0 Å². The summed E-state index contributed by atoms with van der Waals surface area (Å²) < 4.78 is 0. The van der Waals surface area contributed by atoms with E-state index >= 15 is 0 Å². The Morgan fingerprint density at radius 2 is 1.94 bits per heavy atom. The van der Waals surface area contributed by atoms with Gasteiger partial charge in [-0.1, -0.05) is 38.0 Å². The van der Waals surface area contributed by atoms with Gasteiger partial charge in [0.1, 0.15) is 0 Å². The molecule has 0 aliphatic carbocycles. The Hall–Kier alpha value is -1.05. The number of carbonyl (C=O) groups excluding carboxylic acids is 1. The number of hydrogen-bond donors (Lipinski definition) is 0. The smallest absolute Gasteiger partial charge is 0.0414 e. The molecule has 0 saturated heterocycles. The molecule has 0 aromatic heterocycles. The molecule has 2 nitrogen and oxygen atoms in total. The molecular weight excluding hydrogens is 224 g/mol. The van der Waals surface area contributed by atoms with Crippen LogP contribution in [0.5, 0.6) is 0 Å². The predicted molar refractivity (Wildman–Crippen MR) is 75.0 cm³/mol. The van der Waals surface area contributed by atoms with Crippen LogP contribution in [-0.4, -0.2) is 5.97 Å². The van der Waals surface area contributed by atoms with Crippen molar-refractivity contribution >= 4 is 5.97 Å². The number of rotatable bonds is 11. The minimum atomic E-state index is -0.937. The van der Waals surface area contributed by atoms with Crippen molar-refractivity contribution in [2.24, 2.45) is 11.8 Å². The SMILES string of the molecule is C=CCC[C@H](CC[C@@H](C)CCCC(=O)[O-])C(=C)C. The Bertz CT molecular complexity index is 268. The number of carboxylic acid groups (broad SMARTS) is 1. The predicted octanol–water partition coefficient (Wildman–Crippen LogP) is 3.48. The molecule has 0 fully saturated rings. The van der Waals surface area contributed by atoms with E-state index < -0.39 is 5.97 Å². The van der Waals surface area contributed by atoms with Gasteiger partial charge in [0, 0.05) is 5.97 Å². The molecular formula is C16H27O2-. The molecule has 0 heterocycles. The number of carbonyl (C=O) groups is 1. The van der Waals surface area contributed by atoms with Crippen LogP contribution in [0.15, 0.2) is 24.8 Å². The van der Waals surface area contributed by atoms with Crippen LogP contribution in [-0.2, 0) is 4.79 Å². The molecule has 0 radical (unpaired) electrons. The molecule has 2 atom stereocenters. The first kappa shape index (κ1) is 16.9. The van der Waals surface area contributed by atoms with Crippen LogP contribution in [0.1, 0.15) is 58.8 Å². The molecule has 0 rings (SSSR count). The summed E-state index contributed by atoms with van der Waals surface area (Å²) in [6.45, 7) is 12.1. The summed E-state index contributed by atoms with van der Waals surface area (Å²) in [5.74, 6) is 0.217. The summed E-state index contributed by atoms with van der Waals surface area (Å²) in [5, 5.41) is 10.3. The summed E-state index contributed by atoms with van der Waals surface area (Å²) >= 11 is 0. The first-order valence-corrected chi connectivity index (χ1v) is 6.93. The van der Waals surface area contributed by atoms with Crippen molar-refractivity contribution in [3.63, 3.8) is 0 Å². The van der Waals surface area contributed by atoms with Gasteiger partial charge in [0.15, 0.2) is 0 Å². The van der Waals surface area contributed by atoms with E-state index in [1.165, 1.54) is 5.57 Å². The second kappa shape index (κ2) is 9.93. The van der Waals surface area contributed by atoms with Gasteiger partial charge < -0.3 is 9.90 Å².